The number of aliphatic hydroxyl groups excluding tert-OH is 1. The Morgan fingerprint density at radius 2 is 1.86 bits per heavy atom. The van der Waals surface area contributed by atoms with Crippen LogP contribution in [-0.2, 0) is 4.74 Å². The number of morpholine rings is 1. The summed E-state index contributed by atoms with van der Waals surface area (Å²) in [5.41, 5.74) is 3.42. The van der Waals surface area contributed by atoms with E-state index in [1.165, 1.54) is 11.1 Å². The molecule has 1 atom stereocenters. The number of aryl methyl sites for hydroxylation is 2. The lowest BCUT2D eigenvalue weighted by molar-refractivity contribution is -0.0211. The molecule has 152 valence electrons. The molecule has 0 aliphatic carbocycles. The van der Waals surface area contributed by atoms with Crippen LogP contribution in [0, 0.1) is 13.8 Å². The molecule has 1 unspecified atom stereocenters. The van der Waals surface area contributed by atoms with Crippen LogP contribution in [0.4, 0.5) is 5.82 Å². The van der Waals surface area contributed by atoms with Crippen LogP contribution in [-0.4, -0.2) is 75.7 Å². The number of anilines is 1. The third kappa shape index (κ3) is 3.37. The van der Waals surface area contributed by atoms with Crippen LogP contribution in [0.1, 0.15) is 23.1 Å². The van der Waals surface area contributed by atoms with Gasteiger partial charge in [0.05, 0.1) is 30.5 Å². The Morgan fingerprint density at radius 3 is 2.62 bits per heavy atom. The van der Waals surface area contributed by atoms with Crippen molar-refractivity contribution in [2.45, 2.75) is 26.1 Å². The Kier molecular flexibility index (Phi) is 4.49. The molecular weight excluding hydrogens is 368 g/mol. The number of rotatable bonds is 3. The van der Waals surface area contributed by atoms with Crippen molar-refractivity contribution in [1.82, 2.24) is 24.6 Å². The SMILES string of the molecule is Cc1nc(N2CC(O)C2)cc(-n2ncc3cc(C)c(C4CN(C)CCO4)cc32)n1. The van der Waals surface area contributed by atoms with Gasteiger partial charge < -0.3 is 19.6 Å². The minimum Gasteiger partial charge on any atom is -0.389 e. The zero-order valence-corrected chi connectivity index (χ0v) is 17.0. The number of nitrogens with zero attached hydrogens (tertiary/aromatic N) is 6. The van der Waals surface area contributed by atoms with Crippen molar-refractivity contribution in [2.24, 2.45) is 0 Å². The number of hydrogen-bond acceptors (Lipinski definition) is 7. The first-order chi connectivity index (χ1) is 14.0. The third-order valence-corrected chi connectivity index (χ3v) is 5.79. The van der Waals surface area contributed by atoms with Crippen LogP contribution in [0.25, 0.3) is 16.7 Å². The fourth-order valence-corrected chi connectivity index (χ4v) is 4.15. The van der Waals surface area contributed by atoms with Crippen LogP contribution < -0.4 is 4.90 Å². The highest BCUT2D eigenvalue weighted by Crippen LogP contribution is 2.30. The second kappa shape index (κ2) is 7.05. The Balaban J connectivity index is 1.56. The molecule has 2 aromatic heterocycles. The summed E-state index contributed by atoms with van der Waals surface area (Å²) in [5.74, 6) is 2.25. The number of likely N-dealkylation sites (N-methyl/N-ethyl adjacent to an activating group) is 1. The number of β-amino-alcohol motifs (C(OH)–C–C–N with tert-alkyl or cyclic N) is 1. The summed E-state index contributed by atoms with van der Waals surface area (Å²) in [6.45, 7) is 7.81. The molecule has 8 heteroatoms. The van der Waals surface area contributed by atoms with E-state index in [1.807, 2.05) is 23.9 Å². The molecule has 1 aromatic carbocycles. The van der Waals surface area contributed by atoms with Gasteiger partial charge >= 0.3 is 0 Å². The molecule has 8 nitrogen and oxygen atoms in total. The van der Waals surface area contributed by atoms with Crippen LogP contribution in [0.15, 0.2) is 24.4 Å². The van der Waals surface area contributed by atoms with Gasteiger partial charge in [0.15, 0.2) is 5.82 Å². The Labute approximate surface area is 169 Å². The summed E-state index contributed by atoms with van der Waals surface area (Å²) >= 11 is 0. The number of hydrogen-bond donors (Lipinski definition) is 1. The van der Waals surface area contributed by atoms with Gasteiger partial charge in [-0.3, -0.25) is 0 Å². The maximum absolute atomic E-state index is 9.62. The molecular formula is C21H26N6O2. The summed E-state index contributed by atoms with van der Waals surface area (Å²) in [7, 11) is 2.13. The molecule has 1 N–H and O–H groups in total. The summed E-state index contributed by atoms with van der Waals surface area (Å²) in [6.07, 6.45) is 1.66. The molecule has 2 saturated heterocycles. The lowest BCUT2D eigenvalue weighted by Crippen LogP contribution is -2.51. The molecule has 2 aliphatic heterocycles. The lowest BCUT2D eigenvalue weighted by atomic mass is 10.00. The predicted molar refractivity (Wildman–Crippen MR) is 111 cm³/mol. The standard InChI is InChI=1S/C21H26N6O2/c1-13-6-15-9-22-27(18(15)7-17(13)19-12-25(3)4-5-29-19)21-8-20(23-14(2)24-21)26-10-16(28)11-26/h6-9,16,19,28H,4-5,10-12H2,1-3H3. The molecule has 0 spiro atoms. The number of aliphatic hydroxyl groups is 1. The van der Waals surface area contributed by atoms with E-state index in [2.05, 4.69) is 51.0 Å². The monoisotopic (exact) mass is 394 g/mol. The van der Waals surface area contributed by atoms with E-state index < -0.39 is 0 Å². The van der Waals surface area contributed by atoms with E-state index in [0.29, 0.717) is 18.9 Å². The Bertz CT molecular complexity index is 1060. The molecule has 0 radical (unpaired) electrons. The van der Waals surface area contributed by atoms with Gasteiger partial charge in [0.1, 0.15) is 11.6 Å². The van der Waals surface area contributed by atoms with E-state index >= 15 is 0 Å². The van der Waals surface area contributed by atoms with Gasteiger partial charge in [0.25, 0.3) is 0 Å². The van der Waals surface area contributed by atoms with Gasteiger partial charge in [0.2, 0.25) is 0 Å². The summed E-state index contributed by atoms with van der Waals surface area (Å²) < 4.78 is 7.94. The molecule has 2 aliphatic rings. The predicted octanol–water partition coefficient (Wildman–Crippen LogP) is 1.62. The van der Waals surface area contributed by atoms with Crippen LogP contribution in [0.3, 0.4) is 0 Å². The molecule has 29 heavy (non-hydrogen) atoms. The molecule has 0 saturated carbocycles. The van der Waals surface area contributed by atoms with Gasteiger partial charge in [-0.25, -0.2) is 14.6 Å². The van der Waals surface area contributed by atoms with E-state index in [-0.39, 0.29) is 12.2 Å². The van der Waals surface area contributed by atoms with Gasteiger partial charge in [-0.2, -0.15) is 5.10 Å². The number of benzene rings is 1. The first kappa shape index (κ1) is 18.5. The summed E-state index contributed by atoms with van der Waals surface area (Å²) in [5, 5.41) is 15.3. The zero-order chi connectivity index (χ0) is 20.1. The largest absolute Gasteiger partial charge is 0.389 e. The highest BCUT2D eigenvalue weighted by Gasteiger charge is 2.27. The van der Waals surface area contributed by atoms with Crippen molar-refractivity contribution in [3.05, 3.63) is 41.3 Å². The maximum atomic E-state index is 9.62. The molecule has 0 bridgehead atoms. The van der Waals surface area contributed by atoms with E-state index in [9.17, 15) is 5.11 Å². The van der Waals surface area contributed by atoms with Crippen molar-refractivity contribution in [3.63, 3.8) is 0 Å². The third-order valence-electron chi connectivity index (χ3n) is 5.79. The highest BCUT2D eigenvalue weighted by atomic mass is 16.5. The van der Waals surface area contributed by atoms with Crippen LogP contribution in [0.5, 0.6) is 0 Å². The molecule has 5 rings (SSSR count). The first-order valence-corrected chi connectivity index (χ1v) is 10.1. The van der Waals surface area contributed by atoms with Gasteiger partial charge in [0, 0.05) is 37.6 Å². The van der Waals surface area contributed by atoms with Gasteiger partial charge in [-0.15, -0.1) is 0 Å². The van der Waals surface area contributed by atoms with Gasteiger partial charge in [-0.05, 0) is 44.2 Å². The molecule has 0 amide bonds. The second-order valence-corrected chi connectivity index (χ2v) is 8.14. The fraction of sp³-hybridized carbons (Fsp3) is 0.476. The minimum atomic E-state index is -0.279. The second-order valence-electron chi connectivity index (χ2n) is 8.14. The van der Waals surface area contributed by atoms with E-state index in [1.54, 1.807) is 0 Å². The average molecular weight is 394 g/mol. The summed E-state index contributed by atoms with van der Waals surface area (Å²) in [6, 6.07) is 6.30. The first-order valence-electron chi connectivity index (χ1n) is 10.1. The molecule has 2 fully saturated rings. The lowest BCUT2D eigenvalue weighted by Gasteiger charge is -2.36. The van der Waals surface area contributed by atoms with Crippen molar-refractivity contribution in [3.8, 4) is 5.82 Å². The smallest absolute Gasteiger partial charge is 0.159 e. The Hall–Kier alpha value is -2.55. The number of fused-ring (bicyclic) bond motifs is 1. The quantitative estimate of drug-likeness (QED) is 0.723. The number of aromatic nitrogens is 4. The van der Waals surface area contributed by atoms with Crippen molar-refractivity contribution in [1.29, 1.82) is 0 Å². The van der Waals surface area contributed by atoms with Gasteiger partial charge in [-0.1, -0.05) is 0 Å². The van der Waals surface area contributed by atoms with E-state index in [4.69, 9.17) is 4.74 Å². The minimum absolute atomic E-state index is 0.0618. The van der Waals surface area contributed by atoms with Crippen LogP contribution >= 0.6 is 0 Å². The summed E-state index contributed by atoms with van der Waals surface area (Å²) in [4.78, 5) is 13.5. The molecule has 3 aromatic rings. The van der Waals surface area contributed by atoms with Crippen molar-refractivity contribution >= 4 is 16.7 Å². The van der Waals surface area contributed by atoms with Crippen molar-refractivity contribution in [2.75, 3.05) is 44.7 Å². The van der Waals surface area contributed by atoms with Crippen LogP contribution in [0.2, 0.25) is 0 Å². The average Bonchev–Trinajstić information content (AvgIpc) is 3.07. The number of ether oxygens (including phenoxy) is 1. The highest BCUT2D eigenvalue weighted by molar-refractivity contribution is 5.82. The topological polar surface area (TPSA) is 79.5 Å². The van der Waals surface area contributed by atoms with E-state index in [0.717, 1.165) is 42.2 Å². The molecule has 4 heterocycles. The zero-order valence-electron chi connectivity index (χ0n) is 17.0. The Morgan fingerprint density at radius 1 is 1.07 bits per heavy atom. The maximum Gasteiger partial charge on any atom is 0.159 e. The normalized spacial score (nSPS) is 21.0. The fourth-order valence-electron chi connectivity index (χ4n) is 4.15. The van der Waals surface area contributed by atoms with Crippen molar-refractivity contribution < 1.29 is 9.84 Å².